The van der Waals surface area contributed by atoms with Gasteiger partial charge >= 0.3 is 0 Å². The summed E-state index contributed by atoms with van der Waals surface area (Å²) >= 11 is 0. The van der Waals surface area contributed by atoms with Crippen molar-refractivity contribution >= 4 is 11.8 Å². The van der Waals surface area contributed by atoms with Crippen LogP contribution in [-0.2, 0) is 9.59 Å². The minimum absolute atomic E-state index is 0.0367. The third-order valence-corrected chi connectivity index (χ3v) is 3.31. The van der Waals surface area contributed by atoms with Crippen LogP contribution in [0, 0.1) is 5.92 Å². The lowest BCUT2D eigenvalue weighted by Gasteiger charge is -2.34. The third kappa shape index (κ3) is 5.04. The van der Waals surface area contributed by atoms with E-state index in [-0.39, 0.29) is 11.8 Å². The maximum absolute atomic E-state index is 11.9. The molecule has 0 atom stereocenters. The van der Waals surface area contributed by atoms with E-state index in [1.54, 1.807) is 7.05 Å². The van der Waals surface area contributed by atoms with Gasteiger partial charge in [-0.15, -0.1) is 0 Å². The van der Waals surface area contributed by atoms with Crippen molar-refractivity contribution in [2.24, 2.45) is 5.92 Å². The lowest BCUT2D eigenvalue weighted by Crippen LogP contribution is -2.50. The first kappa shape index (κ1) is 15.0. The summed E-state index contributed by atoms with van der Waals surface area (Å²) in [6.45, 7) is 7.78. The number of hydrogen-bond acceptors (Lipinski definition) is 3. The Morgan fingerprint density at radius 3 is 2.28 bits per heavy atom. The molecule has 0 aliphatic carbocycles. The standard InChI is InChI=1S/C13H25N3O2/c1-11(2)4-5-13(18)16-8-6-15(7-9-16)10-12(17)14-3/h11H,4-10H2,1-3H3,(H,14,17). The van der Waals surface area contributed by atoms with E-state index in [4.69, 9.17) is 0 Å². The van der Waals surface area contributed by atoms with E-state index in [9.17, 15) is 9.59 Å². The molecule has 5 heteroatoms. The Labute approximate surface area is 110 Å². The first-order valence-corrected chi connectivity index (χ1v) is 6.73. The summed E-state index contributed by atoms with van der Waals surface area (Å²) < 4.78 is 0. The van der Waals surface area contributed by atoms with Gasteiger partial charge in [0.1, 0.15) is 0 Å². The fourth-order valence-corrected chi connectivity index (χ4v) is 2.01. The van der Waals surface area contributed by atoms with Crippen molar-refractivity contribution in [3.05, 3.63) is 0 Å². The number of piperazine rings is 1. The molecule has 0 aromatic heterocycles. The average molecular weight is 255 g/mol. The molecule has 1 aliphatic rings. The minimum Gasteiger partial charge on any atom is -0.358 e. The molecule has 1 saturated heterocycles. The molecule has 0 bridgehead atoms. The molecule has 0 spiro atoms. The smallest absolute Gasteiger partial charge is 0.233 e. The van der Waals surface area contributed by atoms with E-state index < -0.39 is 0 Å². The van der Waals surface area contributed by atoms with Crippen LogP contribution in [0.15, 0.2) is 0 Å². The molecular formula is C13H25N3O2. The van der Waals surface area contributed by atoms with Gasteiger partial charge in [-0.2, -0.15) is 0 Å². The van der Waals surface area contributed by atoms with Gasteiger partial charge in [-0.1, -0.05) is 13.8 Å². The predicted octanol–water partition coefficient (Wildman–Crippen LogP) is 0.313. The Morgan fingerprint density at radius 2 is 1.78 bits per heavy atom. The maximum Gasteiger partial charge on any atom is 0.233 e. The molecule has 0 unspecified atom stereocenters. The minimum atomic E-state index is 0.0367. The topological polar surface area (TPSA) is 52.7 Å². The van der Waals surface area contributed by atoms with Crippen LogP contribution in [0.3, 0.4) is 0 Å². The zero-order chi connectivity index (χ0) is 13.5. The second-order valence-electron chi connectivity index (χ2n) is 5.26. The lowest BCUT2D eigenvalue weighted by atomic mass is 10.1. The molecule has 2 amide bonds. The van der Waals surface area contributed by atoms with E-state index in [1.165, 1.54) is 0 Å². The van der Waals surface area contributed by atoms with Crippen molar-refractivity contribution in [1.82, 2.24) is 15.1 Å². The zero-order valence-electron chi connectivity index (χ0n) is 11.7. The normalized spacial score (nSPS) is 17.0. The fraction of sp³-hybridized carbons (Fsp3) is 0.846. The summed E-state index contributed by atoms with van der Waals surface area (Å²) in [5, 5.41) is 2.62. The summed E-state index contributed by atoms with van der Waals surface area (Å²) in [5.41, 5.74) is 0. The van der Waals surface area contributed by atoms with E-state index in [2.05, 4.69) is 24.1 Å². The number of hydrogen-bond donors (Lipinski definition) is 1. The predicted molar refractivity (Wildman–Crippen MR) is 71.2 cm³/mol. The van der Waals surface area contributed by atoms with E-state index in [0.29, 0.717) is 18.9 Å². The number of nitrogens with zero attached hydrogens (tertiary/aromatic N) is 2. The summed E-state index contributed by atoms with van der Waals surface area (Å²) in [6.07, 6.45) is 1.60. The van der Waals surface area contributed by atoms with E-state index >= 15 is 0 Å². The van der Waals surface area contributed by atoms with Gasteiger partial charge in [0.2, 0.25) is 11.8 Å². The van der Waals surface area contributed by atoms with Crippen molar-refractivity contribution in [3.8, 4) is 0 Å². The number of carbonyl (C=O) groups is 2. The van der Waals surface area contributed by atoms with Gasteiger partial charge in [0.05, 0.1) is 6.54 Å². The molecule has 0 aromatic rings. The highest BCUT2D eigenvalue weighted by Gasteiger charge is 2.21. The number of rotatable bonds is 5. The largest absolute Gasteiger partial charge is 0.358 e. The molecule has 0 saturated carbocycles. The molecule has 1 fully saturated rings. The molecule has 0 aromatic carbocycles. The van der Waals surface area contributed by atoms with Crippen LogP contribution >= 0.6 is 0 Å². The molecule has 1 aliphatic heterocycles. The van der Waals surface area contributed by atoms with Gasteiger partial charge in [-0.3, -0.25) is 14.5 Å². The lowest BCUT2D eigenvalue weighted by molar-refractivity contribution is -0.133. The Hall–Kier alpha value is -1.10. The van der Waals surface area contributed by atoms with Crippen molar-refractivity contribution in [3.63, 3.8) is 0 Å². The van der Waals surface area contributed by atoms with Crippen molar-refractivity contribution in [2.75, 3.05) is 39.8 Å². The summed E-state index contributed by atoms with van der Waals surface area (Å²) in [5.74, 6) is 0.862. The Kier molecular flexibility index (Phi) is 6.12. The summed E-state index contributed by atoms with van der Waals surface area (Å²) in [4.78, 5) is 27.2. The van der Waals surface area contributed by atoms with Crippen LogP contribution in [0.2, 0.25) is 0 Å². The molecule has 0 radical (unpaired) electrons. The van der Waals surface area contributed by atoms with Gasteiger partial charge < -0.3 is 10.2 Å². The Bertz CT molecular complexity index is 284. The Balaban J connectivity index is 2.26. The van der Waals surface area contributed by atoms with Gasteiger partial charge in [-0.05, 0) is 12.3 Å². The van der Waals surface area contributed by atoms with Gasteiger partial charge in [0, 0.05) is 39.6 Å². The number of carbonyl (C=O) groups excluding carboxylic acids is 2. The highest BCUT2D eigenvalue weighted by molar-refractivity contribution is 5.78. The van der Waals surface area contributed by atoms with E-state index in [0.717, 1.165) is 32.6 Å². The van der Waals surface area contributed by atoms with Gasteiger partial charge in [0.25, 0.3) is 0 Å². The molecule has 1 N–H and O–H groups in total. The maximum atomic E-state index is 11.9. The average Bonchev–Trinajstić information content (AvgIpc) is 2.36. The molecule has 1 rings (SSSR count). The summed E-state index contributed by atoms with van der Waals surface area (Å²) in [6, 6.07) is 0. The van der Waals surface area contributed by atoms with E-state index in [1.807, 2.05) is 4.90 Å². The first-order valence-electron chi connectivity index (χ1n) is 6.73. The molecule has 5 nitrogen and oxygen atoms in total. The Morgan fingerprint density at radius 1 is 1.17 bits per heavy atom. The number of nitrogens with one attached hydrogen (secondary N) is 1. The quantitative estimate of drug-likeness (QED) is 0.769. The van der Waals surface area contributed by atoms with Crippen LogP contribution < -0.4 is 5.32 Å². The SMILES string of the molecule is CNC(=O)CN1CCN(C(=O)CCC(C)C)CC1. The first-order chi connectivity index (χ1) is 8.52. The van der Waals surface area contributed by atoms with Crippen molar-refractivity contribution in [2.45, 2.75) is 26.7 Å². The van der Waals surface area contributed by atoms with Gasteiger partial charge in [-0.25, -0.2) is 0 Å². The van der Waals surface area contributed by atoms with Crippen LogP contribution in [0.1, 0.15) is 26.7 Å². The number of amides is 2. The monoisotopic (exact) mass is 255 g/mol. The number of likely N-dealkylation sites (N-methyl/N-ethyl adjacent to an activating group) is 1. The highest BCUT2D eigenvalue weighted by atomic mass is 16.2. The van der Waals surface area contributed by atoms with Crippen LogP contribution in [0.4, 0.5) is 0 Å². The van der Waals surface area contributed by atoms with Crippen molar-refractivity contribution in [1.29, 1.82) is 0 Å². The summed E-state index contributed by atoms with van der Waals surface area (Å²) in [7, 11) is 1.65. The van der Waals surface area contributed by atoms with Crippen LogP contribution in [-0.4, -0.2) is 61.4 Å². The highest BCUT2D eigenvalue weighted by Crippen LogP contribution is 2.08. The zero-order valence-corrected chi connectivity index (χ0v) is 11.7. The second kappa shape index (κ2) is 7.36. The molecular weight excluding hydrogens is 230 g/mol. The molecule has 1 heterocycles. The second-order valence-corrected chi connectivity index (χ2v) is 5.26. The fourth-order valence-electron chi connectivity index (χ4n) is 2.01. The van der Waals surface area contributed by atoms with Crippen LogP contribution in [0.25, 0.3) is 0 Å². The van der Waals surface area contributed by atoms with Gasteiger partial charge in [0.15, 0.2) is 0 Å². The van der Waals surface area contributed by atoms with Crippen LogP contribution in [0.5, 0.6) is 0 Å². The molecule has 18 heavy (non-hydrogen) atoms. The molecule has 104 valence electrons. The van der Waals surface area contributed by atoms with Crippen molar-refractivity contribution < 1.29 is 9.59 Å². The third-order valence-electron chi connectivity index (χ3n) is 3.31.